The fourth-order valence-corrected chi connectivity index (χ4v) is 1.58. The molecule has 0 aromatic carbocycles. The van der Waals surface area contributed by atoms with Gasteiger partial charge < -0.3 is 10.7 Å². The third kappa shape index (κ3) is 2.84. The predicted molar refractivity (Wildman–Crippen MR) is 59.4 cm³/mol. The van der Waals surface area contributed by atoms with Gasteiger partial charge in [0.2, 0.25) is 0 Å². The highest BCUT2D eigenvalue weighted by Crippen LogP contribution is 2.16. The maximum Gasteiger partial charge on any atom is 0.106 e. The van der Waals surface area contributed by atoms with Crippen molar-refractivity contribution in [1.82, 2.24) is 9.97 Å². The third-order valence-electron chi connectivity index (χ3n) is 2.35. The van der Waals surface area contributed by atoms with Crippen molar-refractivity contribution in [3.63, 3.8) is 0 Å². The number of nitrogens with zero attached hydrogens (tertiary/aromatic N) is 1. The lowest BCUT2D eigenvalue weighted by atomic mass is 10.1. The lowest BCUT2D eigenvalue weighted by Crippen LogP contribution is -2.15. The van der Waals surface area contributed by atoms with Crippen molar-refractivity contribution in [2.75, 3.05) is 0 Å². The number of aromatic nitrogens is 2. The molecule has 1 rings (SSSR count). The largest absolute Gasteiger partial charge is 0.346 e. The summed E-state index contributed by atoms with van der Waals surface area (Å²) >= 11 is 0. The first-order valence-corrected chi connectivity index (χ1v) is 5.31. The van der Waals surface area contributed by atoms with Crippen LogP contribution in [0.15, 0.2) is 0 Å². The number of aromatic amines is 1. The van der Waals surface area contributed by atoms with Gasteiger partial charge in [-0.2, -0.15) is 0 Å². The fourth-order valence-electron chi connectivity index (χ4n) is 1.58. The molecule has 0 saturated carbocycles. The predicted octanol–water partition coefficient (Wildman–Crippen LogP) is 2.12. The zero-order valence-corrected chi connectivity index (χ0v) is 9.59. The molecule has 80 valence electrons. The maximum absolute atomic E-state index is 5.70. The molecular weight excluding hydrogens is 174 g/mol. The van der Waals surface area contributed by atoms with E-state index in [-0.39, 0.29) is 6.04 Å². The van der Waals surface area contributed by atoms with Gasteiger partial charge in [0.1, 0.15) is 5.82 Å². The fraction of sp³-hybridized carbons (Fsp3) is 0.727. The van der Waals surface area contributed by atoms with Gasteiger partial charge in [-0.1, -0.05) is 13.8 Å². The minimum absolute atomic E-state index is 0.253. The summed E-state index contributed by atoms with van der Waals surface area (Å²) in [6.07, 6.45) is 1.94. The minimum atomic E-state index is 0.253. The van der Waals surface area contributed by atoms with Crippen LogP contribution in [0, 0.1) is 6.92 Å². The number of imidazole rings is 1. The number of nitrogens with two attached hydrogens (primary N) is 1. The second kappa shape index (κ2) is 4.60. The summed E-state index contributed by atoms with van der Waals surface area (Å²) in [6.45, 7) is 8.44. The highest BCUT2D eigenvalue weighted by molar-refractivity contribution is 5.16. The lowest BCUT2D eigenvalue weighted by Gasteiger charge is -2.01. The van der Waals surface area contributed by atoms with Gasteiger partial charge >= 0.3 is 0 Å². The van der Waals surface area contributed by atoms with Crippen LogP contribution in [0.3, 0.4) is 0 Å². The molecule has 3 N–H and O–H groups in total. The van der Waals surface area contributed by atoms with Gasteiger partial charge in [0, 0.05) is 18.2 Å². The summed E-state index contributed by atoms with van der Waals surface area (Å²) in [6, 6.07) is 0.253. The molecule has 0 fully saturated rings. The van der Waals surface area contributed by atoms with Crippen LogP contribution in [0.2, 0.25) is 0 Å². The normalized spacial score (nSPS) is 13.6. The molecule has 3 nitrogen and oxygen atoms in total. The summed E-state index contributed by atoms with van der Waals surface area (Å²) < 4.78 is 0. The Balaban J connectivity index is 2.66. The molecular formula is C11H21N3. The van der Waals surface area contributed by atoms with E-state index in [9.17, 15) is 0 Å². The molecule has 0 amide bonds. The Kier molecular flexibility index (Phi) is 3.69. The van der Waals surface area contributed by atoms with Crippen LogP contribution in [0.5, 0.6) is 0 Å². The topological polar surface area (TPSA) is 54.7 Å². The summed E-state index contributed by atoms with van der Waals surface area (Å²) in [4.78, 5) is 7.88. The van der Waals surface area contributed by atoms with Gasteiger partial charge in [-0.3, -0.25) is 0 Å². The molecule has 0 aliphatic rings. The molecule has 3 heteroatoms. The minimum Gasteiger partial charge on any atom is -0.346 e. The highest BCUT2D eigenvalue weighted by Gasteiger charge is 2.09. The Morgan fingerprint density at radius 2 is 2.00 bits per heavy atom. The Bertz CT molecular complexity index is 287. The summed E-state index contributed by atoms with van der Waals surface area (Å²) in [5, 5.41) is 0. The van der Waals surface area contributed by atoms with Gasteiger partial charge in [-0.15, -0.1) is 0 Å². The number of hydrogen-bond acceptors (Lipinski definition) is 2. The average Bonchev–Trinajstić information content (AvgIpc) is 2.43. The molecule has 0 aliphatic carbocycles. The van der Waals surface area contributed by atoms with E-state index in [1.165, 1.54) is 11.4 Å². The molecule has 0 spiro atoms. The molecule has 1 aromatic rings. The summed E-state index contributed by atoms with van der Waals surface area (Å²) in [7, 11) is 0. The number of nitrogens with one attached hydrogen (secondary N) is 1. The van der Waals surface area contributed by atoms with Crippen molar-refractivity contribution in [2.45, 2.75) is 52.5 Å². The second-order valence-corrected chi connectivity index (χ2v) is 4.36. The van der Waals surface area contributed by atoms with E-state index in [4.69, 9.17) is 5.73 Å². The van der Waals surface area contributed by atoms with Crippen molar-refractivity contribution >= 4 is 0 Å². The average molecular weight is 195 g/mol. The van der Waals surface area contributed by atoms with Gasteiger partial charge in [0.15, 0.2) is 0 Å². The number of aryl methyl sites for hydroxylation is 2. The Hall–Kier alpha value is -0.830. The Labute approximate surface area is 86.1 Å². The quantitative estimate of drug-likeness (QED) is 0.773. The molecule has 14 heavy (non-hydrogen) atoms. The standard InChI is InChI=1S/C11H21N3/c1-7(2)11-9(4)13-10(14-11)6-5-8(3)12/h7-8H,5-6,12H2,1-4H3,(H,13,14). The monoisotopic (exact) mass is 195 g/mol. The van der Waals surface area contributed by atoms with Crippen molar-refractivity contribution < 1.29 is 0 Å². The lowest BCUT2D eigenvalue weighted by molar-refractivity contribution is 0.649. The van der Waals surface area contributed by atoms with Crippen molar-refractivity contribution in [3.8, 4) is 0 Å². The van der Waals surface area contributed by atoms with E-state index in [0.717, 1.165) is 18.7 Å². The highest BCUT2D eigenvalue weighted by atomic mass is 14.9. The SMILES string of the molecule is Cc1[nH]c(CCC(C)N)nc1C(C)C. The van der Waals surface area contributed by atoms with E-state index >= 15 is 0 Å². The van der Waals surface area contributed by atoms with Gasteiger partial charge in [-0.25, -0.2) is 4.98 Å². The Morgan fingerprint density at radius 3 is 2.43 bits per heavy atom. The van der Waals surface area contributed by atoms with E-state index in [1.54, 1.807) is 0 Å². The first-order chi connectivity index (χ1) is 6.50. The van der Waals surface area contributed by atoms with Crippen LogP contribution in [0.1, 0.15) is 50.3 Å². The van der Waals surface area contributed by atoms with Crippen LogP contribution in [-0.2, 0) is 6.42 Å². The molecule has 0 bridgehead atoms. The third-order valence-corrected chi connectivity index (χ3v) is 2.35. The summed E-state index contributed by atoms with van der Waals surface area (Å²) in [5.74, 6) is 1.57. The van der Waals surface area contributed by atoms with Gasteiger partial charge in [0.05, 0.1) is 5.69 Å². The molecule has 1 aromatic heterocycles. The van der Waals surface area contributed by atoms with Gasteiger partial charge in [-0.05, 0) is 26.2 Å². The van der Waals surface area contributed by atoms with E-state index < -0.39 is 0 Å². The summed E-state index contributed by atoms with van der Waals surface area (Å²) in [5.41, 5.74) is 8.08. The van der Waals surface area contributed by atoms with Crippen LogP contribution in [-0.4, -0.2) is 16.0 Å². The van der Waals surface area contributed by atoms with E-state index in [0.29, 0.717) is 5.92 Å². The molecule has 0 aliphatic heterocycles. The van der Waals surface area contributed by atoms with Crippen molar-refractivity contribution in [1.29, 1.82) is 0 Å². The number of hydrogen-bond donors (Lipinski definition) is 2. The molecule has 0 saturated heterocycles. The van der Waals surface area contributed by atoms with Crippen LogP contribution in [0.25, 0.3) is 0 Å². The first kappa shape index (κ1) is 11.2. The Morgan fingerprint density at radius 1 is 1.36 bits per heavy atom. The van der Waals surface area contributed by atoms with Crippen molar-refractivity contribution in [3.05, 3.63) is 17.2 Å². The molecule has 1 unspecified atom stereocenters. The first-order valence-electron chi connectivity index (χ1n) is 5.31. The molecule has 1 heterocycles. The van der Waals surface area contributed by atoms with Crippen LogP contribution in [0.4, 0.5) is 0 Å². The number of rotatable bonds is 4. The zero-order valence-electron chi connectivity index (χ0n) is 9.59. The maximum atomic E-state index is 5.70. The van der Waals surface area contributed by atoms with Crippen LogP contribution < -0.4 is 5.73 Å². The number of H-pyrrole nitrogens is 1. The molecule has 0 radical (unpaired) electrons. The smallest absolute Gasteiger partial charge is 0.106 e. The van der Waals surface area contributed by atoms with Crippen LogP contribution >= 0.6 is 0 Å². The van der Waals surface area contributed by atoms with Gasteiger partial charge in [0.25, 0.3) is 0 Å². The van der Waals surface area contributed by atoms with Crippen molar-refractivity contribution in [2.24, 2.45) is 5.73 Å². The zero-order chi connectivity index (χ0) is 10.7. The second-order valence-electron chi connectivity index (χ2n) is 4.36. The van der Waals surface area contributed by atoms with E-state index in [1.807, 2.05) is 6.92 Å². The van der Waals surface area contributed by atoms with E-state index in [2.05, 4.69) is 30.7 Å². The molecule has 1 atom stereocenters.